The summed E-state index contributed by atoms with van der Waals surface area (Å²) in [5, 5.41) is 26.1. The largest absolute Gasteiger partial charge is 0.394 e. The Morgan fingerprint density at radius 1 is 0.806 bits per heavy atom. The second-order valence-electron chi connectivity index (χ2n) is 7.24. The smallest absolute Gasteiger partial charge is 0.157 e. The lowest BCUT2D eigenvalue weighted by Gasteiger charge is -2.08. The van der Waals surface area contributed by atoms with Crippen LogP contribution in [0.2, 0.25) is 0 Å². The van der Waals surface area contributed by atoms with Crippen molar-refractivity contribution in [3.63, 3.8) is 0 Å². The Balaban J connectivity index is 0.000000254. The maximum atomic E-state index is 8.91. The van der Waals surface area contributed by atoms with Crippen molar-refractivity contribution in [1.29, 1.82) is 0 Å². The molecule has 0 amide bonds. The quantitative estimate of drug-likeness (QED) is 0.426. The van der Waals surface area contributed by atoms with Crippen LogP contribution in [-0.2, 0) is 4.74 Å². The summed E-state index contributed by atoms with van der Waals surface area (Å²) in [5.74, 6) is 0. The predicted octanol–water partition coefficient (Wildman–Crippen LogP) is 4.39. The van der Waals surface area contributed by atoms with Crippen molar-refractivity contribution in [1.82, 2.24) is 0 Å². The molecule has 0 aromatic heterocycles. The van der Waals surface area contributed by atoms with Gasteiger partial charge in [0.1, 0.15) is 6.10 Å². The molecule has 1 saturated heterocycles. The van der Waals surface area contributed by atoms with Crippen molar-refractivity contribution >= 4 is 17.7 Å². The standard InChI is InChI=1S/C22H18.C5H10O4/c1-4-10-19(11-5-1)16-17-22(21-14-8-3-9-15-21)18-20-12-6-2-7-13-20;6-2-4-3(7)1-5(8)9-4/h1-18H;3-8H,1-2H2/t;3-,4+,5?/m.0/s1. The van der Waals surface area contributed by atoms with Crippen LogP contribution in [-0.4, -0.2) is 40.4 Å². The molecular formula is C27H28O4. The van der Waals surface area contributed by atoms with Crippen molar-refractivity contribution in [3.8, 4) is 0 Å². The molecule has 0 spiro atoms. The molecule has 4 rings (SSSR count). The van der Waals surface area contributed by atoms with Gasteiger partial charge in [0.25, 0.3) is 0 Å². The Morgan fingerprint density at radius 3 is 1.84 bits per heavy atom. The third-order valence-corrected chi connectivity index (χ3v) is 4.87. The minimum Gasteiger partial charge on any atom is -0.394 e. The van der Waals surface area contributed by atoms with E-state index in [0.717, 1.165) is 0 Å². The number of allylic oxidation sites excluding steroid dienone is 2. The maximum Gasteiger partial charge on any atom is 0.157 e. The molecule has 4 nitrogen and oxygen atoms in total. The summed E-state index contributed by atoms with van der Waals surface area (Å²) in [4.78, 5) is 0. The third-order valence-electron chi connectivity index (χ3n) is 4.87. The average Bonchev–Trinajstić information content (AvgIpc) is 3.16. The molecule has 3 aromatic carbocycles. The van der Waals surface area contributed by atoms with E-state index in [1.54, 1.807) is 0 Å². The monoisotopic (exact) mass is 416 g/mol. The summed E-state index contributed by atoms with van der Waals surface area (Å²) in [6, 6.07) is 31.3. The first-order valence-electron chi connectivity index (χ1n) is 10.3. The van der Waals surface area contributed by atoms with Crippen LogP contribution >= 0.6 is 0 Å². The van der Waals surface area contributed by atoms with Gasteiger partial charge < -0.3 is 20.1 Å². The minimum absolute atomic E-state index is 0.200. The molecular weight excluding hydrogens is 388 g/mol. The van der Waals surface area contributed by atoms with Gasteiger partial charge in [-0.05, 0) is 28.3 Å². The van der Waals surface area contributed by atoms with E-state index in [0.29, 0.717) is 0 Å². The number of rotatable bonds is 5. The Bertz CT molecular complexity index is 952. The van der Waals surface area contributed by atoms with E-state index in [1.807, 2.05) is 18.2 Å². The molecule has 1 aliphatic heterocycles. The van der Waals surface area contributed by atoms with Crippen molar-refractivity contribution in [2.45, 2.75) is 24.9 Å². The lowest BCUT2D eigenvalue weighted by atomic mass is 10.0. The molecule has 3 N–H and O–H groups in total. The van der Waals surface area contributed by atoms with Gasteiger partial charge in [-0.2, -0.15) is 0 Å². The number of ether oxygens (including phenoxy) is 1. The number of hydrogen-bond acceptors (Lipinski definition) is 4. The van der Waals surface area contributed by atoms with Gasteiger partial charge in [-0.25, -0.2) is 0 Å². The molecule has 0 radical (unpaired) electrons. The van der Waals surface area contributed by atoms with Crippen LogP contribution in [0.5, 0.6) is 0 Å². The van der Waals surface area contributed by atoms with Gasteiger partial charge in [-0.15, -0.1) is 0 Å². The number of aliphatic hydroxyl groups is 3. The first-order chi connectivity index (χ1) is 15.2. The SMILES string of the molecule is C(=Cc1ccccc1)C(=Cc1ccccc1)c1ccccc1.OC[C@H]1OC(O)C[C@@H]1O. The Hall–Kier alpha value is -3.02. The van der Waals surface area contributed by atoms with Crippen LogP contribution in [0.1, 0.15) is 23.1 Å². The van der Waals surface area contributed by atoms with Crippen molar-refractivity contribution in [3.05, 3.63) is 114 Å². The normalized spacial score (nSPS) is 21.0. The second kappa shape index (κ2) is 12.0. The van der Waals surface area contributed by atoms with E-state index in [2.05, 4.69) is 95.8 Å². The first kappa shape index (κ1) is 22.7. The molecule has 31 heavy (non-hydrogen) atoms. The Kier molecular flexibility index (Phi) is 8.76. The van der Waals surface area contributed by atoms with Crippen LogP contribution in [0.25, 0.3) is 17.7 Å². The van der Waals surface area contributed by atoms with Crippen LogP contribution in [0.4, 0.5) is 0 Å². The second-order valence-corrected chi connectivity index (χ2v) is 7.24. The van der Waals surface area contributed by atoms with E-state index in [4.69, 9.17) is 15.3 Å². The fraction of sp³-hybridized carbons (Fsp3) is 0.185. The van der Waals surface area contributed by atoms with Crippen molar-refractivity contribution in [2.24, 2.45) is 0 Å². The molecule has 1 heterocycles. The zero-order valence-corrected chi connectivity index (χ0v) is 17.3. The zero-order chi connectivity index (χ0) is 21.9. The van der Waals surface area contributed by atoms with Gasteiger partial charge >= 0.3 is 0 Å². The zero-order valence-electron chi connectivity index (χ0n) is 17.3. The summed E-state index contributed by atoms with van der Waals surface area (Å²) in [6.07, 6.45) is 4.53. The molecule has 1 aliphatic rings. The summed E-state index contributed by atoms with van der Waals surface area (Å²) >= 11 is 0. The fourth-order valence-corrected chi connectivity index (χ4v) is 3.21. The van der Waals surface area contributed by atoms with Crippen LogP contribution in [0.15, 0.2) is 97.1 Å². The lowest BCUT2D eigenvalue weighted by molar-refractivity contribution is -0.107. The molecule has 0 saturated carbocycles. The lowest BCUT2D eigenvalue weighted by Crippen LogP contribution is -2.24. The third kappa shape index (κ3) is 7.31. The first-order valence-corrected chi connectivity index (χ1v) is 10.3. The van der Waals surface area contributed by atoms with Gasteiger partial charge in [0.15, 0.2) is 6.29 Å². The highest BCUT2D eigenvalue weighted by Crippen LogP contribution is 2.21. The summed E-state index contributed by atoms with van der Waals surface area (Å²) in [6.45, 7) is -0.238. The minimum atomic E-state index is -0.905. The van der Waals surface area contributed by atoms with Crippen LogP contribution in [0, 0.1) is 0 Å². The van der Waals surface area contributed by atoms with E-state index in [9.17, 15) is 0 Å². The van der Waals surface area contributed by atoms with Crippen molar-refractivity contribution < 1.29 is 20.1 Å². The van der Waals surface area contributed by atoms with Gasteiger partial charge in [-0.1, -0.05) is 103 Å². The van der Waals surface area contributed by atoms with Gasteiger partial charge in [0.2, 0.25) is 0 Å². The van der Waals surface area contributed by atoms with Gasteiger partial charge in [0.05, 0.1) is 12.7 Å². The van der Waals surface area contributed by atoms with Crippen LogP contribution in [0.3, 0.4) is 0 Å². The molecule has 160 valence electrons. The molecule has 3 aromatic rings. The number of benzene rings is 3. The van der Waals surface area contributed by atoms with E-state index >= 15 is 0 Å². The summed E-state index contributed by atoms with van der Waals surface area (Å²) < 4.78 is 4.68. The molecule has 3 atom stereocenters. The molecule has 0 bridgehead atoms. The average molecular weight is 417 g/mol. The van der Waals surface area contributed by atoms with Crippen molar-refractivity contribution in [2.75, 3.05) is 6.61 Å². The Labute approximate surface area is 183 Å². The van der Waals surface area contributed by atoms with Crippen LogP contribution < -0.4 is 0 Å². The van der Waals surface area contributed by atoms with E-state index in [1.165, 1.54) is 22.3 Å². The van der Waals surface area contributed by atoms with Gasteiger partial charge in [0, 0.05) is 6.42 Å². The Morgan fingerprint density at radius 2 is 1.35 bits per heavy atom. The highest BCUT2D eigenvalue weighted by atomic mass is 16.6. The summed E-state index contributed by atoms with van der Waals surface area (Å²) in [7, 11) is 0. The molecule has 4 heteroatoms. The fourth-order valence-electron chi connectivity index (χ4n) is 3.21. The highest BCUT2D eigenvalue weighted by molar-refractivity contribution is 5.90. The number of hydrogen-bond donors (Lipinski definition) is 3. The highest BCUT2D eigenvalue weighted by Gasteiger charge is 2.31. The molecule has 0 aliphatic carbocycles. The van der Waals surface area contributed by atoms with Gasteiger partial charge in [-0.3, -0.25) is 0 Å². The maximum absolute atomic E-state index is 8.91. The molecule has 1 unspecified atom stereocenters. The van der Waals surface area contributed by atoms with E-state index in [-0.39, 0.29) is 13.0 Å². The predicted molar refractivity (Wildman–Crippen MR) is 125 cm³/mol. The topological polar surface area (TPSA) is 69.9 Å². The molecule has 1 fully saturated rings. The van der Waals surface area contributed by atoms with E-state index < -0.39 is 18.5 Å². The number of aliphatic hydroxyl groups excluding tert-OH is 3. The summed E-state index contributed by atoms with van der Waals surface area (Å²) in [5.41, 5.74) is 4.84.